The van der Waals surface area contributed by atoms with Crippen LogP contribution in [0.15, 0.2) is 0 Å². The highest BCUT2D eigenvalue weighted by atomic mass is 16.1. The van der Waals surface area contributed by atoms with Gasteiger partial charge in [-0.25, -0.2) is 0 Å². The van der Waals surface area contributed by atoms with Crippen molar-refractivity contribution in [3.63, 3.8) is 0 Å². The van der Waals surface area contributed by atoms with E-state index in [0.29, 0.717) is 0 Å². The first-order chi connectivity index (χ1) is 6.20. The van der Waals surface area contributed by atoms with Crippen LogP contribution < -0.4 is 0 Å². The van der Waals surface area contributed by atoms with Gasteiger partial charge in [0, 0.05) is 13.1 Å². The molecule has 0 spiro atoms. The molecular weight excluding hydrogens is 164 g/mol. The van der Waals surface area contributed by atoms with Crippen molar-refractivity contribution in [1.82, 2.24) is 9.80 Å². The minimum Gasteiger partial charge on any atom is -0.345 e. The van der Waals surface area contributed by atoms with Gasteiger partial charge in [0.15, 0.2) is 0 Å². The van der Waals surface area contributed by atoms with Crippen LogP contribution in [0.5, 0.6) is 0 Å². The van der Waals surface area contributed by atoms with Gasteiger partial charge in [0.05, 0.1) is 0 Å². The first kappa shape index (κ1) is 12.4. The molecule has 0 radical (unpaired) electrons. The molecule has 0 N–H and O–H groups in total. The van der Waals surface area contributed by atoms with Crippen LogP contribution in [0.3, 0.4) is 0 Å². The Morgan fingerprint density at radius 3 is 2.15 bits per heavy atom. The summed E-state index contributed by atoms with van der Waals surface area (Å²) < 4.78 is 0. The molecule has 0 bridgehead atoms. The summed E-state index contributed by atoms with van der Waals surface area (Å²) in [7, 11) is 4.11. The van der Waals surface area contributed by atoms with Gasteiger partial charge in [-0.3, -0.25) is 4.79 Å². The van der Waals surface area contributed by atoms with Crippen molar-refractivity contribution in [3.8, 4) is 0 Å². The number of nitrogens with zero attached hydrogens (tertiary/aromatic N) is 2. The summed E-state index contributed by atoms with van der Waals surface area (Å²) in [5, 5.41) is 0. The summed E-state index contributed by atoms with van der Waals surface area (Å²) >= 11 is 0. The molecule has 0 atom stereocenters. The smallest absolute Gasteiger partial charge is 0.209 e. The maximum Gasteiger partial charge on any atom is 0.209 e. The zero-order valence-corrected chi connectivity index (χ0v) is 9.12. The van der Waals surface area contributed by atoms with Gasteiger partial charge in [-0.15, -0.1) is 0 Å². The van der Waals surface area contributed by atoms with Crippen molar-refractivity contribution in [3.05, 3.63) is 0 Å². The molecule has 0 aliphatic heterocycles. The van der Waals surface area contributed by atoms with Gasteiger partial charge in [0.2, 0.25) is 6.41 Å². The highest BCUT2D eigenvalue weighted by Crippen LogP contribution is 1.94. The molecule has 3 heteroatoms. The summed E-state index contributed by atoms with van der Waals surface area (Å²) in [5.41, 5.74) is 0. The van der Waals surface area contributed by atoms with E-state index in [9.17, 15) is 4.79 Å². The van der Waals surface area contributed by atoms with E-state index in [1.807, 2.05) is 4.90 Å². The third-order valence-corrected chi connectivity index (χ3v) is 2.00. The van der Waals surface area contributed by atoms with E-state index in [4.69, 9.17) is 0 Å². The fraction of sp³-hybridized carbons (Fsp3) is 0.900. The largest absolute Gasteiger partial charge is 0.345 e. The number of rotatable bonds is 8. The predicted molar refractivity (Wildman–Crippen MR) is 55.7 cm³/mol. The van der Waals surface area contributed by atoms with Crippen molar-refractivity contribution in [2.45, 2.75) is 26.2 Å². The van der Waals surface area contributed by atoms with E-state index in [0.717, 1.165) is 45.3 Å². The third kappa shape index (κ3) is 7.78. The summed E-state index contributed by atoms with van der Waals surface area (Å²) in [6, 6.07) is 0. The van der Waals surface area contributed by atoms with E-state index in [-0.39, 0.29) is 0 Å². The lowest BCUT2D eigenvalue weighted by Crippen LogP contribution is -2.27. The quantitative estimate of drug-likeness (QED) is 0.532. The predicted octanol–water partition coefficient (Wildman–Crippen LogP) is 1.20. The average Bonchev–Trinajstić information content (AvgIpc) is 2.10. The van der Waals surface area contributed by atoms with Gasteiger partial charge in [-0.1, -0.05) is 13.3 Å². The van der Waals surface area contributed by atoms with E-state index < -0.39 is 0 Å². The molecule has 0 aliphatic carbocycles. The summed E-state index contributed by atoms with van der Waals surface area (Å²) in [5.74, 6) is 0. The average molecular weight is 186 g/mol. The fourth-order valence-corrected chi connectivity index (χ4v) is 1.17. The zero-order chi connectivity index (χ0) is 10.1. The molecule has 0 fully saturated rings. The van der Waals surface area contributed by atoms with Crippen LogP contribution in [0.25, 0.3) is 0 Å². The molecule has 0 aromatic carbocycles. The maximum atomic E-state index is 10.6. The van der Waals surface area contributed by atoms with E-state index in [1.54, 1.807) is 0 Å². The SMILES string of the molecule is CCCCN(C=O)CCCN(C)C. The van der Waals surface area contributed by atoms with Crippen LogP contribution in [-0.4, -0.2) is 49.9 Å². The Morgan fingerprint density at radius 2 is 1.69 bits per heavy atom. The van der Waals surface area contributed by atoms with Gasteiger partial charge < -0.3 is 9.80 Å². The highest BCUT2D eigenvalue weighted by Gasteiger charge is 2.00. The molecular formula is C10H22N2O. The molecule has 0 aromatic heterocycles. The fourth-order valence-electron chi connectivity index (χ4n) is 1.17. The van der Waals surface area contributed by atoms with Gasteiger partial charge in [-0.2, -0.15) is 0 Å². The standard InChI is InChI=1S/C10H22N2O/c1-4-5-8-12(10-13)9-6-7-11(2)3/h10H,4-9H2,1-3H3. The number of carbonyl (C=O) groups excluding carboxylic acids is 1. The number of carbonyl (C=O) groups is 1. The van der Waals surface area contributed by atoms with E-state index in [1.165, 1.54) is 0 Å². The lowest BCUT2D eigenvalue weighted by molar-refractivity contribution is -0.118. The van der Waals surface area contributed by atoms with Crippen LogP contribution in [0, 0.1) is 0 Å². The van der Waals surface area contributed by atoms with Crippen LogP contribution in [0.2, 0.25) is 0 Å². The minimum absolute atomic E-state index is 0.891. The Morgan fingerprint density at radius 1 is 1.08 bits per heavy atom. The Kier molecular flexibility index (Phi) is 7.69. The van der Waals surface area contributed by atoms with Gasteiger partial charge >= 0.3 is 0 Å². The van der Waals surface area contributed by atoms with Crippen LogP contribution in [0.4, 0.5) is 0 Å². The third-order valence-electron chi connectivity index (χ3n) is 2.00. The molecule has 78 valence electrons. The van der Waals surface area contributed by atoms with Crippen molar-refractivity contribution in [1.29, 1.82) is 0 Å². The number of amides is 1. The van der Waals surface area contributed by atoms with Gasteiger partial charge in [0.25, 0.3) is 0 Å². The second-order valence-corrected chi connectivity index (χ2v) is 3.65. The molecule has 0 saturated carbocycles. The molecule has 0 saturated heterocycles. The number of hydrogen-bond acceptors (Lipinski definition) is 2. The topological polar surface area (TPSA) is 23.6 Å². The molecule has 0 unspecified atom stereocenters. The lowest BCUT2D eigenvalue weighted by Gasteiger charge is -2.18. The summed E-state index contributed by atoms with van der Waals surface area (Å²) in [4.78, 5) is 14.6. The highest BCUT2D eigenvalue weighted by molar-refractivity contribution is 5.46. The van der Waals surface area contributed by atoms with Gasteiger partial charge in [0.1, 0.15) is 0 Å². The van der Waals surface area contributed by atoms with Crippen LogP contribution >= 0.6 is 0 Å². The van der Waals surface area contributed by atoms with Crippen LogP contribution in [0.1, 0.15) is 26.2 Å². The number of unbranched alkanes of at least 4 members (excludes halogenated alkanes) is 1. The summed E-state index contributed by atoms with van der Waals surface area (Å²) in [6.07, 6.45) is 4.29. The van der Waals surface area contributed by atoms with Gasteiger partial charge in [-0.05, 0) is 33.5 Å². The first-order valence-corrected chi connectivity index (χ1v) is 5.04. The molecule has 0 aliphatic rings. The minimum atomic E-state index is 0.891. The molecule has 1 amide bonds. The maximum absolute atomic E-state index is 10.6. The zero-order valence-electron chi connectivity index (χ0n) is 9.12. The molecule has 3 nitrogen and oxygen atoms in total. The van der Waals surface area contributed by atoms with E-state index >= 15 is 0 Å². The Labute approximate surface area is 81.7 Å². The number of hydrogen-bond donors (Lipinski definition) is 0. The Balaban J connectivity index is 3.42. The first-order valence-electron chi connectivity index (χ1n) is 5.04. The lowest BCUT2D eigenvalue weighted by atomic mass is 10.3. The van der Waals surface area contributed by atoms with E-state index in [2.05, 4.69) is 25.9 Å². The monoisotopic (exact) mass is 186 g/mol. The second-order valence-electron chi connectivity index (χ2n) is 3.65. The molecule has 13 heavy (non-hydrogen) atoms. The van der Waals surface area contributed by atoms with Crippen molar-refractivity contribution >= 4 is 6.41 Å². The van der Waals surface area contributed by atoms with Crippen LogP contribution in [-0.2, 0) is 4.79 Å². The van der Waals surface area contributed by atoms with Crippen molar-refractivity contribution < 1.29 is 4.79 Å². The summed E-state index contributed by atoms with van der Waals surface area (Å²) in [6.45, 7) is 4.99. The molecule has 0 aromatic rings. The normalized spacial score (nSPS) is 10.5. The molecule has 0 rings (SSSR count). The Hall–Kier alpha value is -0.570. The molecule has 0 heterocycles. The van der Waals surface area contributed by atoms with Crippen molar-refractivity contribution in [2.24, 2.45) is 0 Å². The van der Waals surface area contributed by atoms with Crippen molar-refractivity contribution in [2.75, 3.05) is 33.7 Å². The Bertz CT molecular complexity index is 126. The second kappa shape index (κ2) is 8.05.